The van der Waals surface area contributed by atoms with Crippen molar-refractivity contribution >= 4 is 5.91 Å². The number of carbonyl (C=O) groups excluding carboxylic acids is 1. The lowest BCUT2D eigenvalue weighted by atomic mass is 10.0. The molecule has 3 atom stereocenters. The van der Waals surface area contributed by atoms with Gasteiger partial charge in [0, 0.05) is 43.1 Å². The molecule has 2 saturated heterocycles. The molecule has 0 unspecified atom stereocenters. The zero-order chi connectivity index (χ0) is 15.7. The summed E-state index contributed by atoms with van der Waals surface area (Å²) in [5.41, 5.74) is 1.67. The minimum atomic E-state index is 0.136. The molecule has 1 amide bonds. The molecule has 0 saturated carbocycles. The summed E-state index contributed by atoms with van der Waals surface area (Å²) in [7, 11) is 0. The van der Waals surface area contributed by atoms with Crippen molar-refractivity contribution in [2.75, 3.05) is 13.1 Å². The Labute approximate surface area is 133 Å². The Balaban J connectivity index is 1.70. The van der Waals surface area contributed by atoms with E-state index in [9.17, 15) is 4.79 Å². The lowest BCUT2D eigenvalue weighted by Gasteiger charge is -2.41. The van der Waals surface area contributed by atoms with Crippen LogP contribution in [0.2, 0.25) is 0 Å². The fraction of sp³-hybridized carbons (Fsp3) is 0.667. The highest BCUT2D eigenvalue weighted by molar-refractivity contribution is 5.94. The van der Waals surface area contributed by atoms with Gasteiger partial charge in [0.1, 0.15) is 0 Å². The monoisotopic (exact) mass is 301 g/mol. The van der Waals surface area contributed by atoms with E-state index in [2.05, 4.69) is 23.7 Å². The maximum absolute atomic E-state index is 12.7. The Kier molecular flexibility index (Phi) is 4.48. The molecular formula is C18H27N3O. The fourth-order valence-corrected chi connectivity index (χ4v) is 4.09. The number of pyridine rings is 1. The first-order valence-electron chi connectivity index (χ1n) is 8.55. The molecule has 4 nitrogen and oxygen atoms in total. The average molecular weight is 301 g/mol. The molecule has 0 spiro atoms. The van der Waals surface area contributed by atoms with Crippen LogP contribution in [-0.2, 0) is 0 Å². The SMILES string of the molecule is Cc1ccc(C(=O)N2CCC[C@@H](N3[C@H](C)CC[C@@H]3C)C2)cn1. The topological polar surface area (TPSA) is 36.4 Å². The number of aromatic nitrogens is 1. The van der Waals surface area contributed by atoms with Gasteiger partial charge in [0.2, 0.25) is 0 Å². The van der Waals surface area contributed by atoms with Gasteiger partial charge in [-0.3, -0.25) is 14.7 Å². The predicted octanol–water partition coefficient (Wildman–Crippen LogP) is 2.87. The van der Waals surface area contributed by atoms with E-state index >= 15 is 0 Å². The maximum Gasteiger partial charge on any atom is 0.255 e. The Bertz CT molecular complexity index is 518. The van der Waals surface area contributed by atoms with Crippen molar-refractivity contribution in [1.29, 1.82) is 0 Å². The lowest BCUT2D eigenvalue weighted by molar-refractivity contribution is 0.0486. The first kappa shape index (κ1) is 15.5. The molecule has 120 valence electrons. The third kappa shape index (κ3) is 3.02. The number of hydrogen-bond acceptors (Lipinski definition) is 3. The largest absolute Gasteiger partial charge is 0.337 e. The zero-order valence-corrected chi connectivity index (χ0v) is 14.0. The number of amides is 1. The highest BCUT2D eigenvalue weighted by atomic mass is 16.2. The molecular weight excluding hydrogens is 274 g/mol. The van der Waals surface area contributed by atoms with Gasteiger partial charge in [0.25, 0.3) is 5.91 Å². The molecule has 2 fully saturated rings. The van der Waals surface area contributed by atoms with E-state index in [4.69, 9.17) is 0 Å². The van der Waals surface area contributed by atoms with Gasteiger partial charge in [-0.05, 0) is 58.6 Å². The summed E-state index contributed by atoms with van der Waals surface area (Å²) in [4.78, 5) is 21.6. The summed E-state index contributed by atoms with van der Waals surface area (Å²) in [6.07, 6.45) is 6.60. The number of carbonyl (C=O) groups is 1. The minimum Gasteiger partial charge on any atom is -0.337 e. The van der Waals surface area contributed by atoms with E-state index in [0.717, 1.165) is 25.2 Å². The summed E-state index contributed by atoms with van der Waals surface area (Å²) in [6.45, 7) is 8.34. The molecule has 0 aromatic carbocycles. The first-order chi connectivity index (χ1) is 10.6. The van der Waals surface area contributed by atoms with Crippen LogP contribution in [0.5, 0.6) is 0 Å². The van der Waals surface area contributed by atoms with Crippen molar-refractivity contribution in [2.45, 2.75) is 64.6 Å². The van der Waals surface area contributed by atoms with Crippen LogP contribution in [0.25, 0.3) is 0 Å². The quantitative estimate of drug-likeness (QED) is 0.843. The molecule has 3 rings (SSSR count). The van der Waals surface area contributed by atoms with Crippen LogP contribution in [0, 0.1) is 6.92 Å². The molecule has 0 N–H and O–H groups in total. The van der Waals surface area contributed by atoms with E-state index in [-0.39, 0.29) is 5.91 Å². The molecule has 0 radical (unpaired) electrons. The van der Waals surface area contributed by atoms with E-state index < -0.39 is 0 Å². The fourth-order valence-electron chi connectivity index (χ4n) is 4.09. The summed E-state index contributed by atoms with van der Waals surface area (Å²) < 4.78 is 0. The summed E-state index contributed by atoms with van der Waals surface area (Å²) in [6, 6.07) is 5.63. The highest BCUT2D eigenvalue weighted by Crippen LogP contribution is 2.30. The molecule has 2 aliphatic heterocycles. The number of hydrogen-bond donors (Lipinski definition) is 0. The second-order valence-corrected chi connectivity index (χ2v) is 6.96. The normalized spacial score (nSPS) is 29.8. The molecule has 0 aliphatic carbocycles. The van der Waals surface area contributed by atoms with Crippen molar-refractivity contribution in [3.63, 3.8) is 0 Å². The van der Waals surface area contributed by atoms with Crippen LogP contribution in [0.15, 0.2) is 18.3 Å². The second kappa shape index (κ2) is 6.37. The number of aryl methyl sites for hydroxylation is 1. The van der Waals surface area contributed by atoms with Crippen LogP contribution in [0.3, 0.4) is 0 Å². The smallest absolute Gasteiger partial charge is 0.255 e. The molecule has 3 heterocycles. The molecule has 1 aromatic rings. The van der Waals surface area contributed by atoms with Gasteiger partial charge in [-0.2, -0.15) is 0 Å². The van der Waals surface area contributed by atoms with Gasteiger partial charge >= 0.3 is 0 Å². The van der Waals surface area contributed by atoms with E-state index in [0.29, 0.717) is 23.7 Å². The van der Waals surface area contributed by atoms with Crippen LogP contribution in [-0.4, -0.2) is 51.9 Å². The minimum absolute atomic E-state index is 0.136. The zero-order valence-electron chi connectivity index (χ0n) is 14.0. The van der Waals surface area contributed by atoms with Crippen molar-refractivity contribution in [1.82, 2.24) is 14.8 Å². The molecule has 22 heavy (non-hydrogen) atoms. The first-order valence-corrected chi connectivity index (χ1v) is 8.55. The van der Waals surface area contributed by atoms with Gasteiger partial charge in [-0.1, -0.05) is 0 Å². The summed E-state index contributed by atoms with van der Waals surface area (Å²) >= 11 is 0. The third-order valence-electron chi connectivity index (χ3n) is 5.28. The van der Waals surface area contributed by atoms with Crippen LogP contribution >= 0.6 is 0 Å². The van der Waals surface area contributed by atoms with Gasteiger partial charge in [-0.15, -0.1) is 0 Å². The number of piperidine rings is 1. The van der Waals surface area contributed by atoms with Crippen LogP contribution in [0.4, 0.5) is 0 Å². The lowest BCUT2D eigenvalue weighted by Crippen LogP contribution is -2.52. The van der Waals surface area contributed by atoms with Crippen molar-refractivity contribution in [3.05, 3.63) is 29.6 Å². The Morgan fingerprint density at radius 3 is 2.55 bits per heavy atom. The molecule has 1 aromatic heterocycles. The number of nitrogens with zero attached hydrogens (tertiary/aromatic N) is 3. The van der Waals surface area contributed by atoms with Gasteiger partial charge < -0.3 is 4.90 Å². The van der Waals surface area contributed by atoms with Crippen molar-refractivity contribution in [2.24, 2.45) is 0 Å². The van der Waals surface area contributed by atoms with Crippen LogP contribution < -0.4 is 0 Å². The Morgan fingerprint density at radius 2 is 1.91 bits per heavy atom. The van der Waals surface area contributed by atoms with E-state index in [1.54, 1.807) is 6.20 Å². The number of rotatable bonds is 2. The van der Waals surface area contributed by atoms with Crippen molar-refractivity contribution < 1.29 is 4.79 Å². The maximum atomic E-state index is 12.7. The Hall–Kier alpha value is -1.42. The van der Waals surface area contributed by atoms with Gasteiger partial charge in [0.05, 0.1) is 5.56 Å². The molecule has 4 heteroatoms. The summed E-state index contributed by atoms with van der Waals surface area (Å²) in [5.74, 6) is 0.136. The third-order valence-corrected chi connectivity index (χ3v) is 5.28. The number of likely N-dealkylation sites (tertiary alicyclic amines) is 2. The van der Waals surface area contributed by atoms with E-state index in [1.807, 2.05) is 24.0 Å². The average Bonchev–Trinajstić information content (AvgIpc) is 2.86. The standard InChI is InChI=1S/C18H27N3O/c1-13-6-9-16(11-19-13)18(22)20-10-4-5-17(12-20)21-14(2)7-8-15(21)3/h6,9,11,14-15,17H,4-5,7-8,10,12H2,1-3H3/t14-,15+,17-/m1/s1. The van der Waals surface area contributed by atoms with E-state index in [1.165, 1.54) is 19.3 Å². The molecule has 2 aliphatic rings. The molecule has 0 bridgehead atoms. The predicted molar refractivity (Wildman–Crippen MR) is 87.9 cm³/mol. The van der Waals surface area contributed by atoms with Gasteiger partial charge in [-0.25, -0.2) is 0 Å². The summed E-state index contributed by atoms with van der Waals surface area (Å²) in [5, 5.41) is 0. The Morgan fingerprint density at radius 1 is 1.18 bits per heavy atom. The van der Waals surface area contributed by atoms with Crippen LogP contribution in [0.1, 0.15) is 55.6 Å². The van der Waals surface area contributed by atoms with Crippen molar-refractivity contribution in [3.8, 4) is 0 Å². The highest BCUT2D eigenvalue weighted by Gasteiger charge is 2.36. The van der Waals surface area contributed by atoms with Gasteiger partial charge in [0.15, 0.2) is 0 Å². The second-order valence-electron chi connectivity index (χ2n) is 6.96.